The summed E-state index contributed by atoms with van der Waals surface area (Å²) in [6.07, 6.45) is 4.28. The third-order valence-electron chi connectivity index (χ3n) is 3.79. The number of nitrogens with one attached hydrogen (secondary N) is 1. The number of hydrogen-bond donors (Lipinski definition) is 1. The lowest BCUT2D eigenvalue weighted by atomic mass is 10.1. The Bertz CT molecular complexity index is 375. The van der Waals surface area contributed by atoms with E-state index in [1.54, 1.807) is 0 Å². The molecule has 1 aromatic rings. The lowest BCUT2D eigenvalue weighted by molar-refractivity contribution is 0.312. The molecule has 17 heavy (non-hydrogen) atoms. The van der Waals surface area contributed by atoms with Crippen LogP contribution in [0.25, 0.3) is 0 Å². The predicted octanol–water partition coefficient (Wildman–Crippen LogP) is 3.08. The van der Waals surface area contributed by atoms with Crippen LogP contribution in [0.2, 0.25) is 0 Å². The van der Waals surface area contributed by atoms with Gasteiger partial charge < -0.3 is 10.2 Å². The number of thiophene rings is 1. The van der Waals surface area contributed by atoms with E-state index in [9.17, 15) is 0 Å². The summed E-state index contributed by atoms with van der Waals surface area (Å²) in [6.45, 7) is 4.84. The van der Waals surface area contributed by atoms with Crippen LogP contribution in [0.1, 0.15) is 24.1 Å². The largest absolute Gasteiger partial charge is 0.311 e. The summed E-state index contributed by atoms with van der Waals surface area (Å²) in [5.74, 6) is 0.870. The molecular formula is C13H19BrN2S. The highest BCUT2D eigenvalue weighted by Crippen LogP contribution is 2.31. The summed E-state index contributed by atoms with van der Waals surface area (Å²) < 4.78 is 1.25. The van der Waals surface area contributed by atoms with Crippen molar-refractivity contribution in [2.75, 3.05) is 19.6 Å². The molecular weight excluding hydrogens is 296 g/mol. The standard InChI is InChI=1S/C13H19BrN2S/c14-12-4-6-17-13(12)8-15-7-10-3-5-16(9-10)11-1-2-11/h4,6,10-11,15H,1-3,5,7-9H2. The first-order chi connectivity index (χ1) is 8.33. The number of nitrogens with zero attached hydrogens (tertiary/aromatic N) is 1. The van der Waals surface area contributed by atoms with Gasteiger partial charge in [0.05, 0.1) is 0 Å². The fourth-order valence-corrected chi connectivity index (χ4v) is 4.10. The molecule has 1 N–H and O–H groups in total. The minimum absolute atomic E-state index is 0.870. The SMILES string of the molecule is Brc1ccsc1CNCC1CCN(C2CC2)C1. The van der Waals surface area contributed by atoms with Gasteiger partial charge in [-0.3, -0.25) is 0 Å². The normalized spacial score (nSPS) is 25.6. The highest BCUT2D eigenvalue weighted by atomic mass is 79.9. The second-order valence-electron chi connectivity index (χ2n) is 5.20. The van der Waals surface area contributed by atoms with E-state index in [1.165, 1.54) is 48.2 Å². The first-order valence-corrected chi connectivity index (χ1v) is 8.17. The molecule has 0 aromatic carbocycles. The first kappa shape index (κ1) is 12.2. The average molecular weight is 315 g/mol. The second-order valence-corrected chi connectivity index (χ2v) is 7.06. The van der Waals surface area contributed by atoms with Gasteiger partial charge in [-0.1, -0.05) is 0 Å². The minimum atomic E-state index is 0.870. The van der Waals surface area contributed by atoms with Gasteiger partial charge in [-0.15, -0.1) is 11.3 Å². The third-order valence-corrected chi connectivity index (χ3v) is 5.72. The Morgan fingerprint density at radius 2 is 2.29 bits per heavy atom. The van der Waals surface area contributed by atoms with Crippen molar-refractivity contribution in [2.45, 2.75) is 31.8 Å². The summed E-state index contributed by atoms with van der Waals surface area (Å²) in [5, 5.41) is 5.75. The molecule has 1 atom stereocenters. The molecule has 1 saturated heterocycles. The van der Waals surface area contributed by atoms with Crippen LogP contribution in [-0.2, 0) is 6.54 Å². The Balaban J connectivity index is 1.39. The van der Waals surface area contributed by atoms with Crippen molar-refractivity contribution < 1.29 is 0 Å². The molecule has 2 fully saturated rings. The van der Waals surface area contributed by atoms with Crippen LogP contribution < -0.4 is 5.32 Å². The molecule has 0 radical (unpaired) electrons. The maximum atomic E-state index is 3.60. The van der Waals surface area contributed by atoms with Gasteiger partial charge in [0.25, 0.3) is 0 Å². The summed E-state index contributed by atoms with van der Waals surface area (Å²) in [5.41, 5.74) is 0. The minimum Gasteiger partial charge on any atom is -0.311 e. The molecule has 2 nitrogen and oxygen atoms in total. The van der Waals surface area contributed by atoms with Gasteiger partial charge in [0.2, 0.25) is 0 Å². The fourth-order valence-electron chi connectivity index (χ4n) is 2.64. The molecule has 0 bridgehead atoms. The van der Waals surface area contributed by atoms with Crippen molar-refractivity contribution in [1.82, 2.24) is 10.2 Å². The zero-order chi connectivity index (χ0) is 11.7. The van der Waals surface area contributed by atoms with Crippen LogP contribution in [0.4, 0.5) is 0 Å². The zero-order valence-corrected chi connectivity index (χ0v) is 12.4. The van der Waals surface area contributed by atoms with E-state index >= 15 is 0 Å². The van der Waals surface area contributed by atoms with Gasteiger partial charge in [-0.05, 0) is 65.6 Å². The lowest BCUT2D eigenvalue weighted by Crippen LogP contribution is -2.27. The molecule has 3 rings (SSSR count). The van der Waals surface area contributed by atoms with Crippen LogP contribution in [0.15, 0.2) is 15.9 Å². The average Bonchev–Trinajstić information content (AvgIpc) is 2.94. The summed E-state index contributed by atoms with van der Waals surface area (Å²) in [4.78, 5) is 4.11. The third kappa shape index (κ3) is 3.11. The molecule has 94 valence electrons. The molecule has 1 aliphatic carbocycles. The number of rotatable bonds is 5. The van der Waals surface area contributed by atoms with E-state index in [0.717, 1.165) is 18.5 Å². The smallest absolute Gasteiger partial charge is 0.0327 e. The van der Waals surface area contributed by atoms with Crippen molar-refractivity contribution >= 4 is 27.3 Å². The molecule has 4 heteroatoms. The molecule has 0 amide bonds. The topological polar surface area (TPSA) is 15.3 Å². The van der Waals surface area contributed by atoms with Crippen molar-refractivity contribution in [3.8, 4) is 0 Å². The monoisotopic (exact) mass is 314 g/mol. The van der Waals surface area contributed by atoms with Gasteiger partial charge in [-0.2, -0.15) is 0 Å². The predicted molar refractivity (Wildman–Crippen MR) is 76.4 cm³/mol. The Kier molecular flexibility index (Phi) is 3.85. The van der Waals surface area contributed by atoms with Crippen LogP contribution in [0.5, 0.6) is 0 Å². The molecule has 1 unspecified atom stereocenters. The van der Waals surface area contributed by atoms with E-state index in [0.29, 0.717) is 0 Å². The van der Waals surface area contributed by atoms with E-state index in [1.807, 2.05) is 11.3 Å². The first-order valence-electron chi connectivity index (χ1n) is 6.49. The molecule has 1 aliphatic heterocycles. The fraction of sp³-hybridized carbons (Fsp3) is 0.692. The Morgan fingerprint density at radius 3 is 3.00 bits per heavy atom. The van der Waals surface area contributed by atoms with Gasteiger partial charge in [-0.25, -0.2) is 0 Å². The van der Waals surface area contributed by atoms with Crippen molar-refractivity contribution in [3.05, 3.63) is 20.8 Å². The number of halogens is 1. The van der Waals surface area contributed by atoms with Gasteiger partial charge in [0, 0.05) is 28.5 Å². The number of likely N-dealkylation sites (tertiary alicyclic amines) is 1. The summed E-state index contributed by atoms with van der Waals surface area (Å²) in [7, 11) is 0. The van der Waals surface area contributed by atoms with E-state index in [2.05, 4.69) is 37.6 Å². The van der Waals surface area contributed by atoms with Crippen LogP contribution in [0.3, 0.4) is 0 Å². The zero-order valence-electron chi connectivity index (χ0n) is 9.99. The molecule has 2 aliphatic rings. The Hall–Kier alpha value is 0.1000. The van der Waals surface area contributed by atoms with E-state index in [-0.39, 0.29) is 0 Å². The number of hydrogen-bond acceptors (Lipinski definition) is 3. The maximum absolute atomic E-state index is 3.60. The van der Waals surface area contributed by atoms with Gasteiger partial charge in [0.1, 0.15) is 0 Å². The van der Waals surface area contributed by atoms with Crippen LogP contribution in [0, 0.1) is 5.92 Å². The van der Waals surface area contributed by atoms with Crippen molar-refractivity contribution in [3.63, 3.8) is 0 Å². The quantitative estimate of drug-likeness (QED) is 0.898. The molecule has 0 spiro atoms. The van der Waals surface area contributed by atoms with Crippen molar-refractivity contribution in [1.29, 1.82) is 0 Å². The second kappa shape index (κ2) is 5.39. The summed E-state index contributed by atoms with van der Waals surface area (Å²) in [6, 6.07) is 3.08. The van der Waals surface area contributed by atoms with Gasteiger partial charge in [0.15, 0.2) is 0 Å². The van der Waals surface area contributed by atoms with Crippen molar-refractivity contribution in [2.24, 2.45) is 5.92 Å². The lowest BCUT2D eigenvalue weighted by Gasteiger charge is -2.15. The van der Waals surface area contributed by atoms with Crippen LogP contribution >= 0.6 is 27.3 Å². The Morgan fingerprint density at radius 1 is 1.41 bits per heavy atom. The molecule has 2 heterocycles. The highest BCUT2D eigenvalue weighted by Gasteiger charge is 2.33. The van der Waals surface area contributed by atoms with Gasteiger partial charge >= 0.3 is 0 Å². The maximum Gasteiger partial charge on any atom is 0.0327 e. The highest BCUT2D eigenvalue weighted by molar-refractivity contribution is 9.10. The Labute approximate surface area is 116 Å². The van der Waals surface area contributed by atoms with E-state index < -0.39 is 0 Å². The molecule has 1 aromatic heterocycles. The molecule has 1 saturated carbocycles. The van der Waals surface area contributed by atoms with Crippen LogP contribution in [-0.4, -0.2) is 30.6 Å². The van der Waals surface area contributed by atoms with E-state index in [4.69, 9.17) is 0 Å². The summed E-state index contributed by atoms with van der Waals surface area (Å²) >= 11 is 5.41.